The van der Waals surface area contributed by atoms with E-state index in [0.29, 0.717) is 22.3 Å². The molecule has 1 aromatic carbocycles. The van der Waals surface area contributed by atoms with E-state index in [2.05, 4.69) is 29.4 Å². The first kappa shape index (κ1) is 12.6. The Labute approximate surface area is 110 Å². The van der Waals surface area contributed by atoms with Crippen molar-refractivity contribution in [2.24, 2.45) is 0 Å². The Balaban J connectivity index is 2.11. The van der Waals surface area contributed by atoms with Gasteiger partial charge in [-0.15, -0.1) is 0 Å². The molecule has 0 aliphatic heterocycles. The second-order valence-electron chi connectivity index (χ2n) is 4.33. The van der Waals surface area contributed by atoms with Crippen LogP contribution < -0.4 is 5.32 Å². The van der Waals surface area contributed by atoms with Gasteiger partial charge < -0.3 is 5.32 Å². The fourth-order valence-electron chi connectivity index (χ4n) is 1.51. The van der Waals surface area contributed by atoms with E-state index in [1.807, 2.05) is 6.07 Å². The molecule has 1 aromatic heterocycles. The summed E-state index contributed by atoms with van der Waals surface area (Å²) in [5, 5.41) is 10.2. The molecule has 2 N–H and O–H groups in total. The second-order valence-corrected chi connectivity index (χ2v) is 4.76. The highest BCUT2D eigenvalue weighted by Gasteiger charge is 2.10. The molecule has 0 unspecified atom stereocenters. The number of carbonyl (C=O) groups is 1. The quantitative estimate of drug-likeness (QED) is 0.891. The molecule has 1 heterocycles. The van der Waals surface area contributed by atoms with Crippen LogP contribution in [0.15, 0.2) is 30.3 Å². The molecule has 2 rings (SSSR count). The Morgan fingerprint density at radius 2 is 2.17 bits per heavy atom. The molecular formula is C13H14ClN3O. The minimum Gasteiger partial charge on any atom is -0.305 e. The molecule has 94 valence electrons. The summed E-state index contributed by atoms with van der Waals surface area (Å²) >= 11 is 5.84. The van der Waals surface area contributed by atoms with Crippen molar-refractivity contribution in [1.29, 1.82) is 0 Å². The number of nitrogens with zero attached hydrogens (tertiary/aromatic N) is 1. The number of amides is 1. The molecule has 4 nitrogen and oxygen atoms in total. The summed E-state index contributed by atoms with van der Waals surface area (Å²) in [6.07, 6.45) is 0. The number of halogens is 1. The van der Waals surface area contributed by atoms with E-state index in [-0.39, 0.29) is 5.91 Å². The molecule has 0 fully saturated rings. The summed E-state index contributed by atoms with van der Waals surface area (Å²) in [4.78, 5) is 11.9. The van der Waals surface area contributed by atoms with Gasteiger partial charge in [-0.05, 0) is 24.1 Å². The lowest BCUT2D eigenvalue weighted by atomic mass is 10.1. The molecule has 18 heavy (non-hydrogen) atoms. The molecule has 0 atom stereocenters. The van der Waals surface area contributed by atoms with Gasteiger partial charge in [0.2, 0.25) is 0 Å². The van der Waals surface area contributed by atoms with Crippen LogP contribution in [0.1, 0.15) is 35.8 Å². The number of aromatic amines is 1. The maximum absolute atomic E-state index is 11.9. The number of benzene rings is 1. The molecule has 0 aliphatic carbocycles. The predicted molar refractivity (Wildman–Crippen MR) is 72.1 cm³/mol. The van der Waals surface area contributed by atoms with Gasteiger partial charge in [-0.3, -0.25) is 9.89 Å². The third kappa shape index (κ3) is 2.90. The summed E-state index contributed by atoms with van der Waals surface area (Å²) in [5.74, 6) is 0.636. The minimum atomic E-state index is -0.223. The van der Waals surface area contributed by atoms with Gasteiger partial charge in [-0.1, -0.05) is 31.5 Å². The van der Waals surface area contributed by atoms with Crippen molar-refractivity contribution in [2.45, 2.75) is 19.8 Å². The summed E-state index contributed by atoms with van der Waals surface area (Å²) < 4.78 is 0. The van der Waals surface area contributed by atoms with Crippen molar-refractivity contribution < 1.29 is 4.79 Å². The Hall–Kier alpha value is -1.81. The smallest absolute Gasteiger partial charge is 0.256 e. The van der Waals surface area contributed by atoms with E-state index in [4.69, 9.17) is 11.6 Å². The highest BCUT2D eigenvalue weighted by Crippen LogP contribution is 2.16. The molecule has 0 aliphatic rings. The van der Waals surface area contributed by atoms with Gasteiger partial charge in [-0.2, -0.15) is 5.10 Å². The lowest BCUT2D eigenvalue weighted by Crippen LogP contribution is -2.11. The molecule has 0 saturated heterocycles. The van der Waals surface area contributed by atoms with Crippen LogP contribution in [0.2, 0.25) is 5.02 Å². The van der Waals surface area contributed by atoms with Crippen molar-refractivity contribution in [3.63, 3.8) is 0 Å². The third-order valence-electron chi connectivity index (χ3n) is 2.55. The normalized spacial score (nSPS) is 10.7. The summed E-state index contributed by atoms with van der Waals surface area (Å²) in [7, 11) is 0. The first-order valence-electron chi connectivity index (χ1n) is 5.68. The number of aromatic nitrogens is 2. The van der Waals surface area contributed by atoms with Crippen LogP contribution in [-0.4, -0.2) is 16.1 Å². The topological polar surface area (TPSA) is 57.8 Å². The number of anilines is 1. The van der Waals surface area contributed by atoms with Crippen LogP contribution in [0.25, 0.3) is 0 Å². The number of hydrogen-bond acceptors (Lipinski definition) is 2. The number of rotatable bonds is 3. The van der Waals surface area contributed by atoms with Crippen molar-refractivity contribution in [2.75, 3.05) is 5.32 Å². The van der Waals surface area contributed by atoms with Crippen molar-refractivity contribution in [3.05, 3.63) is 46.6 Å². The van der Waals surface area contributed by atoms with Crippen LogP contribution in [0.4, 0.5) is 5.82 Å². The second kappa shape index (κ2) is 5.23. The van der Waals surface area contributed by atoms with E-state index in [0.717, 1.165) is 5.69 Å². The van der Waals surface area contributed by atoms with E-state index in [1.165, 1.54) is 0 Å². The van der Waals surface area contributed by atoms with Gasteiger partial charge in [0.1, 0.15) is 0 Å². The van der Waals surface area contributed by atoms with Crippen molar-refractivity contribution in [1.82, 2.24) is 10.2 Å². The zero-order valence-corrected chi connectivity index (χ0v) is 11.0. The molecule has 0 radical (unpaired) electrons. The van der Waals surface area contributed by atoms with Crippen LogP contribution in [0.5, 0.6) is 0 Å². The maximum Gasteiger partial charge on any atom is 0.256 e. The van der Waals surface area contributed by atoms with Gasteiger partial charge in [0.05, 0.1) is 0 Å². The molecule has 1 amide bonds. The SMILES string of the molecule is CC(C)c1cc(NC(=O)c2cccc(Cl)c2)n[nH]1. The highest BCUT2D eigenvalue weighted by molar-refractivity contribution is 6.31. The summed E-state index contributed by atoms with van der Waals surface area (Å²) in [6, 6.07) is 8.61. The molecule has 0 saturated carbocycles. The average Bonchev–Trinajstić information content (AvgIpc) is 2.77. The van der Waals surface area contributed by atoms with Crippen LogP contribution in [-0.2, 0) is 0 Å². The monoisotopic (exact) mass is 263 g/mol. The molecule has 2 aromatic rings. The fraction of sp³-hybridized carbons (Fsp3) is 0.231. The van der Waals surface area contributed by atoms with Gasteiger partial charge in [-0.25, -0.2) is 0 Å². The van der Waals surface area contributed by atoms with Crippen molar-refractivity contribution in [3.8, 4) is 0 Å². The third-order valence-corrected chi connectivity index (χ3v) is 2.78. The largest absolute Gasteiger partial charge is 0.305 e. The fourth-order valence-corrected chi connectivity index (χ4v) is 1.70. The first-order chi connectivity index (χ1) is 8.56. The molecular weight excluding hydrogens is 250 g/mol. The zero-order chi connectivity index (χ0) is 13.1. The van der Waals surface area contributed by atoms with Gasteiger partial charge in [0, 0.05) is 22.3 Å². The Morgan fingerprint density at radius 1 is 1.39 bits per heavy atom. The molecule has 5 heteroatoms. The zero-order valence-electron chi connectivity index (χ0n) is 10.2. The van der Waals surface area contributed by atoms with E-state index in [1.54, 1.807) is 24.3 Å². The predicted octanol–water partition coefficient (Wildman–Crippen LogP) is 3.44. The molecule has 0 spiro atoms. The summed E-state index contributed by atoms with van der Waals surface area (Å²) in [5.41, 5.74) is 1.49. The van der Waals surface area contributed by atoms with Crippen molar-refractivity contribution >= 4 is 23.3 Å². The van der Waals surface area contributed by atoms with Gasteiger partial charge in [0.15, 0.2) is 5.82 Å². The van der Waals surface area contributed by atoms with Crippen LogP contribution >= 0.6 is 11.6 Å². The van der Waals surface area contributed by atoms with E-state index >= 15 is 0 Å². The lowest BCUT2D eigenvalue weighted by molar-refractivity contribution is 0.102. The first-order valence-corrected chi connectivity index (χ1v) is 6.06. The van der Waals surface area contributed by atoms with Crippen LogP contribution in [0, 0.1) is 0 Å². The summed E-state index contributed by atoms with van der Waals surface area (Å²) in [6.45, 7) is 4.10. The maximum atomic E-state index is 11.9. The average molecular weight is 264 g/mol. The van der Waals surface area contributed by atoms with Gasteiger partial charge >= 0.3 is 0 Å². The highest BCUT2D eigenvalue weighted by atomic mass is 35.5. The standard InChI is InChI=1S/C13H14ClN3O/c1-8(2)11-7-12(17-16-11)15-13(18)9-4-3-5-10(14)6-9/h3-8H,1-2H3,(H2,15,16,17,18). The van der Waals surface area contributed by atoms with Crippen LogP contribution in [0.3, 0.4) is 0 Å². The lowest BCUT2D eigenvalue weighted by Gasteiger charge is -2.01. The Morgan fingerprint density at radius 3 is 2.78 bits per heavy atom. The Bertz CT molecular complexity index is 563. The molecule has 0 bridgehead atoms. The van der Waals surface area contributed by atoms with E-state index in [9.17, 15) is 4.79 Å². The van der Waals surface area contributed by atoms with E-state index < -0.39 is 0 Å². The van der Waals surface area contributed by atoms with Gasteiger partial charge in [0.25, 0.3) is 5.91 Å². The number of H-pyrrole nitrogens is 1. The Kier molecular flexibility index (Phi) is 3.67. The number of carbonyl (C=O) groups excluding carboxylic acids is 1. The minimum absolute atomic E-state index is 0.223. The number of nitrogens with one attached hydrogen (secondary N) is 2. The number of hydrogen-bond donors (Lipinski definition) is 2.